The van der Waals surface area contributed by atoms with Gasteiger partial charge in [-0.1, -0.05) is 6.92 Å². The Labute approximate surface area is 121 Å². The number of carbonyl (C=O) groups excluding carboxylic acids is 1. The second-order valence-electron chi connectivity index (χ2n) is 6.27. The molecule has 0 aromatic carbocycles. The number of nitrogens with zero attached hydrogens (tertiary/aromatic N) is 2. The first-order valence-electron chi connectivity index (χ1n) is 7.21. The van der Waals surface area contributed by atoms with E-state index in [0.717, 1.165) is 13.1 Å². The first kappa shape index (κ1) is 16.8. The fraction of sp³-hybridized carbons (Fsp3) is 0.857. The standard InChI is InChI=1S/C14H27N3O3/c1-11(12(18)19)6-5-7-15-13(20)17-9-8-16(4)14(2,3)10-17/h11H,5-10H2,1-4H3,(H,15,20)(H,18,19). The second-order valence-corrected chi connectivity index (χ2v) is 6.27. The number of rotatable bonds is 5. The fourth-order valence-corrected chi connectivity index (χ4v) is 2.25. The van der Waals surface area contributed by atoms with Gasteiger partial charge < -0.3 is 15.3 Å². The van der Waals surface area contributed by atoms with E-state index < -0.39 is 5.97 Å². The van der Waals surface area contributed by atoms with Crippen molar-refractivity contribution in [2.24, 2.45) is 5.92 Å². The van der Waals surface area contributed by atoms with E-state index in [1.165, 1.54) is 0 Å². The molecule has 1 fully saturated rings. The topological polar surface area (TPSA) is 72.9 Å². The Morgan fingerprint density at radius 1 is 1.35 bits per heavy atom. The van der Waals surface area contributed by atoms with Crippen LogP contribution >= 0.6 is 0 Å². The van der Waals surface area contributed by atoms with Crippen molar-refractivity contribution in [2.75, 3.05) is 33.2 Å². The van der Waals surface area contributed by atoms with Gasteiger partial charge in [-0.05, 0) is 33.7 Å². The van der Waals surface area contributed by atoms with Gasteiger partial charge in [-0.3, -0.25) is 9.69 Å². The van der Waals surface area contributed by atoms with Gasteiger partial charge in [0.1, 0.15) is 0 Å². The number of carboxylic acids is 1. The number of hydrogen-bond donors (Lipinski definition) is 2. The molecule has 6 heteroatoms. The molecule has 1 aliphatic rings. The van der Waals surface area contributed by atoms with Crippen LogP contribution in [-0.2, 0) is 4.79 Å². The van der Waals surface area contributed by atoms with Crippen LogP contribution in [0.1, 0.15) is 33.6 Å². The molecule has 1 heterocycles. The number of urea groups is 1. The lowest BCUT2D eigenvalue weighted by atomic mass is 10.00. The largest absolute Gasteiger partial charge is 0.481 e. The van der Waals surface area contributed by atoms with Crippen LogP contribution in [0.25, 0.3) is 0 Å². The summed E-state index contributed by atoms with van der Waals surface area (Å²) in [5, 5.41) is 11.7. The van der Waals surface area contributed by atoms with Crippen LogP contribution in [0.15, 0.2) is 0 Å². The fourth-order valence-electron chi connectivity index (χ4n) is 2.25. The third-order valence-electron chi connectivity index (χ3n) is 4.12. The van der Waals surface area contributed by atoms with Crippen LogP contribution in [0.3, 0.4) is 0 Å². The maximum absolute atomic E-state index is 12.1. The minimum atomic E-state index is -0.780. The van der Waals surface area contributed by atoms with Crippen molar-refractivity contribution in [3.63, 3.8) is 0 Å². The van der Waals surface area contributed by atoms with Gasteiger partial charge in [0.05, 0.1) is 5.92 Å². The summed E-state index contributed by atoms with van der Waals surface area (Å²) in [6.45, 7) is 8.78. The highest BCUT2D eigenvalue weighted by molar-refractivity contribution is 5.74. The highest BCUT2D eigenvalue weighted by atomic mass is 16.4. The van der Waals surface area contributed by atoms with E-state index in [2.05, 4.69) is 31.1 Å². The summed E-state index contributed by atoms with van der Waals surface area (Å²) in [4.78, 5) is 26.8. The minimum Gasteiger partial charge on any atom is -0.481 e. The predicted octanol–water partition coefficient (Wildman–Crippen LogP) is 1.22. The second kappa shape index (κ2) is 6.92. The van der Waals surface area contributed by atoms with Crippen LogP contribution in [0, 0.1) is 5.92 Å². The number of piperazine rings is 1. The molecule has 2 N–H and O–H groups in total. The van der Waals surface area contributed by atoms with Crippen molar-refractivity contribution in [3.8, 4) is 0 Å². The monoisotopic (exact) mass is 285 g/mol. The normalized spacial score (nSPS) is 20.5. The van der Waals surface area contributed by atoms with Crippen LogP contribution in [0.2, 0.25) is 0 Å². The number of aliphatic carboxylic acids is 1. The Morgan fingerprint density at radius 3 is 2.55 bits per heavy atom. The Balaban J connectivity index is 2.28. The van der Waals surface area contributed by atoms with Crippen molar-refractivity contribution in [3.05, 3.63) is 0 Å². The summed E-state index contributed by atoms with van der Waals surface area (Å²) >= 11 is 0. The van der Waals surface area contributed by atoms with E-state index in [-0.39, 0.29) is 17.5 Å². The molecular formula is C14H27N3O3. The molecule has 0 aromatic rings. The van der Waals surface area contributed by atoms with Crippen LogP contribution in [0.4, 0.5) is 4.79 Å². The van der Waals surface area contributed by atoms with Crippen LogP contribution < -0.4 is 5.32 Å². The molecule has 1 saturated heterocycles. The van der Waals surface area contributed by atoms with Crippen LogP contribution in [0.5, 0.6) is 0 Å². The van der Waals surface area contributed by atoms with Gasteiger partial charge in [0, 0.05) is 31.7 Å². The average molecular weight is 285 g/mol. The Hall–Kier alpha value is -1.30. The SMILES string of the molecule is CC(CCCNC(=O)N1CCN(C)C(C)(C)C1)C(=O)O. The Morgan fingerprint density at radius 2 is 2.00 bits per heavy atom. The van der Waals surface area contributed by atoms with Crippen molar-refractivity contribution < 1.29 is 14.7 Å². The summed E-state index contributed by atoms with van der Waals surface area (Å²) in [5.41, 5.74) is -0.00654. The molecule has 0 aromatic heterocycles. The molecule has 0 spiro atoms. The highest BCUT2D eigenvalue weighted by Crippen LogP contribution is 2.18. The summed E-state index contributed by atoms with van der Waals surface area (Å²) in [6.07, 6.45) is 1.28. The minimum absolute atomic E-state index is 0.00654. The molecule has 0 bridgehead atoms. The quantitative estimate of drug-likeness (QED) is 0.745. The number of hydrogen-bond acceptors (Lipinski definition) is 3. The lowest BCUT2D eigenvalue weighted by molar-refractivity contribution is -0.141. The summed E-state index contributed by atoms with van der Waals surface area (Å²) in [6, 6.07) is -0.0471. The molecule has 20 heavy (non-hydrogen) atoms. The molecular weight excluding hydrogens is 258 g/mol. The molecule has 116 valence electrons. The van der Waals surface area contributed by atoms with E-state index in [1.54, 1.807) is 6.92 Å². The Kier molecular flexibility index (Phi) is 5.80. The van der Waals surface area contributed by atoms with Crippen molar-refractivity contribution in [1.82, 2.24) is 15.1 Å². The number of nitrogens with one attached hydrogen (secondary N) is 1. The zero-order valence-corrected chi connectivity index (χ0v) is 13.0. The molecule has 1 unspecified atom stereocenters. The molecule has 6 nitrogen and oxygen atoms in total. The van der Waals surface area contributed by atoms with Gasteiger partial charge in [0.15, 0.2) is 0 Å². The first-order chi connectivity index (χ1) is 9.24. The number of carbonyl (C=O) groups is 2. The van der Waals surface area contributed by atoms with Crippen molar-refractivity contribution in [1.29, 1.82) is 0 Å². The van der Waals surface area contributed by atoms with Gasteiger partial charge in [-0.2, -0.15) is 0 Å². The third kappa shape index (κ3) is 4.67. The van der Waals surface area contributed by atoms with Crippen LogP contribution in [-0.4, -0.2) is 65.7 Å². The lowest BCUT2D eigenvalue weighted by Gasteiger charge is -2.45. The van der Waals surface area contributed by atoms with E-state index in [9.17, 15) is 9.59 Å². The number of carboxylic acid groups (broad SMARTS) is 1. The zero-order valence-electron chi connectivity index (χ0n) is 13.0. The van der Waals surface area contributed by atoms with Gasteiger partial charge in [-0.15, -0.1) is 0 Å². The van der Waals surface area contributed by atoms with Gasteiger partial charge in [0.2, 0.25) is 0 Å². The molecule has 2 amide bonds. The lowest BCUT2D eigenvalue weighted by Crippen LogP contribution is -2.60. The molecule has 0 aliphatic carbocycles. The third-order valence-corrected chi connectivity index (χ3v) is 4.12. The summed E-state index contributed by atoms with van der Waals surface area (Å²) in [7, 11) is 2.07. The van der Waals surface area contributed by atoms with Crippen molar-refractivity contribution >= 4 is 12.0 Å². The van der Waals surface area contributed by atoms with E-state index in [4.69, 9.17) is 5.11 Å². The molecule has 0 saturated carbocycles. The maximum atomic E-state index is 12.1. The average Bonchev–Trinajstić information content (AvgIpc) is 2.37. The summed E-state index contributed by atoms with van der Waals surface area (Å²) in [5.74, 6) is -1.13. The van der Waals surface area contributed by atoms with E-state index in [0.29, 0.717) is 25.9 Å². The predicted molar refractivity (Wildman–Crippen MR) is 77.7 cm³/mol. The number of likely N-dealkylation sites (N-methyl/N-ethyl adjacent to an activating group) is 1. The van der Waals surface area contributed by atoms with Crippen molar-refractivity contribution in [2.45, 2.75) is 39.2 Å². The smallest absolute Gasteiger partial charge is 0.317 e. The summed E-state index contributed by atoms with van der Waals surface area (Å²) < 4.78 is 0. The van der Waals surface area contributed by atoms with E-state index >= 15 is 0 Å². The Bertz CT molecular complexity index is 358. The molecule has 0 radical (unpaired) electrons. The molecule has 1 atom stereocenters. The molecule has 1 rings (SSSR count). The van der Waals surface area contributed by atoms with E-state index in [1.807, 2.05) is 4.90 Å². The molecule has 1 aliphatic heterocycles. The van der Waals surface area contributed by atoms with Gasteiger partial charge in [-0.25, -0.2) is 4.79 Å². The zero-order chi connectivity index (χ0) is 15.3. The number of amides is 2. The maximum Gasteiger partial charge on any atom is 0.317 e. The first-order valence-corrected chi connectivity index (χ1v) is 7.21. The van der Waals surface area contributed by atoms with Gasteiger partial charge >= 0.3 is 12.0 Å². The highest BCUT2D eigenvalue weighted by Gasteiger charge is 2.32. The van der Waals surface area contributed by atoms with Gasteiger partial charge in [0.25, 0.3) is 0 Å².